The molecule has 0 bridgehead atoms. The number of nitrogens with zero attached hydrogens (tertiary/aromatic N) is 2. The van der Waals surface area contributed by atoms with E-state index in [1.165, 1.54) is 0 Å². The van der Waals surface area contributed by atoms with Gasteiger partial charge in [0, 0.05) is 11.3 Å². The summed E-state index contributed by atoms with van der Waals surface area (Å²) in [5, 5.41) is 9.82. The Labute approximate surface area is 158 Å². The van der Waals surface area contributed by atoms with Crippen LogP contribution in [0.2, 0.25) is 0 Å². The summed E-state index contributed by atoms with van der Waals surface area (Å²) in [7, 11) is 0. The minimum absolute atomic E-state index is 0.672. The standard InChI is InChI=1S/C23H18N2S/c1-18(21-8-4-2-5-9-21)23(25-22-10-6-3-7-11-22)26-17-20-14-12-19(16-24)13-15-20/h2-15H,1,17H2. The van der Waals surface area contributed by atoms with Crippen molar-refractivity contribution in [3.05, 3.63) is 108 Å². The van der Waals surface area contributed by atoms with E-state index in [-0.39, 0.29) is 0 Å². The van der Waals surface area contributed by atoms with Crippen LogP contribution in [-0.4, -0.2) is 5.04 Å². The zero-order valence-electron chi connectivity index (χ0n) is 14.3. The van der Waals surface area contributed by atoms with Crippen molar-refractivity contribution in [2.75, 3.05) is 0 Å². The third-order valence-corrected chi connectivity index (χ3v) is 4.91. The van der Waals surface area contributed by atoms with Gasteiger partial charge in [-0.15, -0.1) is 11.8 Å². The molecule has 0 unspecified atom stereocenters. The van der Waals surface area contributed by atoms with E-state index in [1.807, 2.05) is 84.9 Å². The van der Waals surface area contributed by atoms with E-state index in [0.717, 1.165) is 33.2 Å². The zero-order valence-corrected chi connectivity index (χ0v) is 15.1. The maximum atomic E-state index is 8.92. The first-order valence-corrected chi connectivity index (χ1v) is 9.25. The van der Waals surface area contributed by atoms with Crippen molar-refractivity contribution in [2.45, 2.75) is 5.75 Å². The van der Waals surface area contributed by atoms with Gasteiger partial charge in [0.1, 0.15) is 5.04 Å². The summed E-state index contributed by atoms with van der Waals surface area (Å²) in [6, 6.07) is 29.8. The molecule has 26 heavy (non-hydrogen) atoms. The Bertz CT molecular complexity index is 937. The molecule has 0 atom stereocenters. The second-order valence-electron chi connectivity index (χ2n) is 5.69. The van der Waals surface area contributed by atoms with Crippen molar-refractivity contribution >= 4 is 28.1 Å². The third kappa shape index (κ3) is 4.72. The Hall–Kier alpha value is -3.09. The smallest absolute Gasteiger partial charge is 0.104 e. The predicted octanol–water partition coefficient (Wildman–Crippen LogP) is 6.24. The summed E-state index contributed by atoms with van der Waals surface area (Å²) in [4.78, 5) is 4.81. The highest BCUT2D eigenvalue weighted by Crippen LogP contribution is 2.27. The average Bonchev–Trinajstić information content (AvgIpc) is 2.72. The van der Waals surface area contributed by atoms with E-state index in [1.54, 1.807) is 11.8 Å². The molecule has 0 amide bonds. The lowest BCUT2D eigenvalue weighted by Gasteiger charge is -2.10. The molecule has 0 heterocycles. The van der Waals surface area contributed by atoms with Gasteiger partial charge in [-0.05, 0) is 35.4 Å². The van der Waals surface area contributed by atoms with Gasteiger partial charge in [-0.1, -0.05) is 67.2 Å². The van der Waals surface area contributed by atoms with Crippen LogP contribution < -0.4 is 0 Å². The fourth-order valence-corrected chi connectivity index (χ4v) is 3.35. The van der Waals surface area contributed by atoms with Gasteiger partial charge in [-0.25, -0.2) is 4.99 Å². The van der Waals surface area contributed by atoms with Gasteiger partial charge in [-0.3, -0.25) is 0 Å². The molecule has 0 saturated carbocycles. The molecule has 0 N–H and O–H groups in total. The number of hydrogen-bond acceptors (Lipinski definition) is 3. The number of para-hydroxylation sites is 1. The van der Waals surface area contributed by atoms with E-state index in [0.29, 0.717) is 5.56 Å². The molecule has 126 valence electrons. The van der Waals surface area contributed by atoms with Crippen LogP contribution in [-0.2, 0) is 5.75 Å². The van der Waals surface area contributed by atoms with Gasteiger partial charge in [0.25, 0.3) is 0 Å². The number of aliphatic imine (C=N–C) groups is 1. The zero-order chi connectivity index (χ0) is 18.2. The summed E-state index contributed by atoms with van der Waals surface area (Å²) in [5.74, 6) is 0.767. The van der Waals surface area contributed by atoms with E-state index < -0.39 is 0 Å². The number of hydrogen-bond donors (Lipinski definition) is 0. The van der Waals surface area contributed by atoms with Crippen LogP contribution in [0.1, 0.15) is 16.7 Å². The highest BCUT2D eigenvalue weighted by atomic mass is 32.2. The van der Waals surface area contributed by atoms with Crippen molar-refractivity contribution in [1.29, 1.82) is 5.26 Å². The van der Waals surface area contributed by atoms with Gasteiger partial charge in [0.15, 0.2) is 0 Å². The topological polar surface area (TPSA) is 36.1 Å². The van der Waals surface area contributed by atoms with Gasteiger partial charge in [-0.2, -0.15) is 5.26 Å². The summed E-state index contributed by atoms with van der Waals surface area (Å²) >= 11 is 1.65. The molecular weight excluding hydrogens is 336 g/mol. The molecule has 3 rings (SSSR count). The van der Waals surface area contributed by atoms with Crippen molar-refractivity contribution < 1.29 is 0 Å². The molecule has 0 aliphatic heterocycles. The Morgan fingerprint density at radius 2 is 1.50 bits per heavy atom. The van der Waals surface area contributed by atoms with Gasteiger partial charge in [0.2, 0.25) is 0 Å². The SMILES string of the molecule is C=C(C(=Nc1ccccc1)SCc1ccc(C#N)cc1)c1ccccc1. The number of nitriles is 1. The molecule has 0 spiro atoms. The Balaban J connectivity index is 1.84. The van der Waals surface area contributed by atoms with Crippen LogP contribution in [0, 0.1) is 11.3 Å². The van der Waals surface area contributed by atoms with Gasteiger partial charge in [0.05, 0.1) is 17.3 Å². The lowest BCUT2D eigenvalue weighted by atomic mass is 10.1. The number of rotatable bonds is 5. The lowest BCUT2D eigenvalue weighted by molar-refractivity contribution is 1.40. The number of benzene rings is 3. The first-order valence-electron chi connectivity index (χ1n) is 8.26. The van der Waals surface area contributed by atoms with E-state index in [9.17, 15) is 0 Å². The molecule has 3 aromatic rings. The lowest BCUT2D eigenvalue weighted by Crippen LogP contribution is -1.97. The highest BCUT2D eigenvalue weighted by molar-refractivity contribution is 8.14. The normalized spacial score (nSPS) is 11.0. The molecule has 0 saturated heterocycles. The molecule has 0 aliphatic carbocycles. The van der Waals surface area contributed by atoms with E-state index in [4.69, 9.17) is 10.3 Å². The highest BCUT2D eigenvalue weighted by Gasteiger charge is 2.09. The van der Waals surface area contributed by atoms with Crippen molar-refractivity contribution in [3.63, 3.8) is 0 Å². The molecule has 0 aromatic heterocycles. The quantitative estimate of drug-likeness (QED) is 0.402. The maximum Gasteiger partial charge on any atom is 0.104 e. The second-order valence-corrected chi connectivity index (χ2v) is 6.66. The monoisotopic (exact) mass is 354 g/mol. The van der Waals surface area contributed by atoms with Gasteiger partial charge < -0.3 is 0 Å². The first kappa shape index (κ1) is 17.7. The minimum Gasteiger partial charge on any atom is -0.241 e. The fourth-order valence-electron chi connectivity index (χ4n) is 2.40. The third-order valence-electron chi connectivity index (χ3n) is 3.83. The Kier molecular flexibility index (Phi) is 6.03. The van der Waals surface area contributed by atoms with Crippen LogP contribution in [0.25, 0.3) is 5.57 Å². The largest absolute Gasteiger partial charge is 0.241 e. The predicted molar refractivity (Wildman–Crippen MR) is 111 cm³/mol. The van der Waals surface area contributed by atoms with Crippen molar-refractivity contribution in [2.24, 2.45) is 4.99 Å². The van der Waals surface area contributed by atoms with Gasteiger partial charge >= 0.3 is 0 Å². The summed E-state index contributed by atoms with van der Waals surface area (Å²) < 4.78 is 0. The summed E-state index contributed by atoms with van der Waals surface area (Å²) in [6.07, 6.45) is 0. The van der Waals surface area contributed by atoms with Crippen LogP contribution in [0.5, 0.6) is 0 Å². The molecule has 3 heteroatoms. The van der Waals surface area contributed by atoms with E-state index in [2.05, 4.69) is 12.6 Å². The molecule has 0 radical (unpaired) electrons. The number of thioether (sulfide) groups is 1. The average molecular weight is 354 g/mol. The Morgan fingerprint density at radius 1 is 0.885 bits per heavy atom. The molecule has 3 aromatic carbocycles. The van der Waals surface area contributed by atoms with Crippen LogP contribution in [0.3, 0.4) is 0 Å². The molecule has 0 fully saturated rings. The molecule has 2 nitrogen and oxygen atoms in total. The minimum atomic E-state index is 0.672. The van der Waals surface area contributed by atoms with Crippen LogP contribution in [0.15, 0.2) is 96.5 Å². The van der Waals surface area contributed by atoms with Crippen molar-refractivity contribution in [1.82, 2.24) is 0 Å². The molecule has 0 aliphatic rings. The van der Waals surface area contributed by atoms with E-state index >= 15 is 0 Å². The van der Waals surface area contributed by atoms with Crippen molar-refractivity contribution in [3.8, 4) is 6.07 Å². The van der Waals surface area contributed by atoms with Crippen LogP contribution in [0.4, 0.5) is 5.69 Å². The maximum absolute atomic E-state index is 8.92. The summed E-state index contributed by atoms with van der Waals surface area (Å²) in [6.45, 7) is 4.27. The second kappa shape index (κ2) is 8.84. The van der Waals surface area contributed by atoms with Crippen LogP contribution >= 0.6 is 11.8 Å². The first-order chi connectivity index (χ1) is 12.8. The Morgan fingerprint density at radius 3 is 2.12 bits per heavy atom. The molecular formula is C23H18N2S. The summed E-state index contributed by atoms with van der Waals surface area (Å²) in [5.41, 5.74) is 4.70. The fraction of sp³-hybridized carbons (Fsp3) is 0.0435.